The van der Waals surface area contributed by atoms with E-state index in [0.717, 1.165) is 16.9 Å². The van der Waals surface area contributed by atoms with Crippen molar-refractivity contribution >= 4 is 27.3 Å². The van der Waals surface area contributed by atoms with Gasteiger partial charge in [0.2, 0.25) is 0 Å². The van der Waals surface area contributed by atoms with Crippen molar-refractivity contribution in [2.24, 2.45) is 5.73 Å². The van der Waals surface area contributed by atoms with E-state index in [9.17, 15) is 13.2 Å². The predicted molar refractivity (Wildman–Crippen MR) is 99.9 cm³/mol. The second-order valence-corrected chi connectivity index (χ2v) is 8.61. The number of nitrogens with zero attached hydrogens (tertiary/aromatic N) is 1. The Labute approximate surface area is 157 Å². The van der Waals surface area contributed by atoms with Gasteiger partial charge in [0.25, 0.3) is 10.0 Å². The smallest absolute Gasteiger partial charge is 0.348 e. The molecule has 0 aliphatic heterocycles. The number of ether oxygens (including phenoxy) is 2. The minimum absolute atomic E-state index is 0.0200. The highest BCUT2D eigenvalue weighted by molar-refractivity contribution is 7.91. The molecule has 7 nitrogen and oxygen atoms in total. The number of carbonyl (C=O) groups excluding carboxylic acids is 1. The van der Waals surface area contributed by atoms with Gasteiger partial charge in [-0.15, -0.1) is 11.3 Å². The first-order valence-corrected chi connectivity index (χ1v) is 10.2. The van der Waals surface area contributed by atoms with Gasteiger partial charge in [-0.1, -0.05) is 30.3 Å². The maximum absolute atomic E-state index is 13.2. The largest absolute Gasteiger partial charge is 0.494 e. The van der Waals surface area contributed by atoms with Crippen LogP contribution in [0.1, 0.15) is 21.7 Å². The molecule has 1 heterocycles. The summed E-state index contributed by atoms with van der Waals surface area (Å²) in [7, 11) is -1.27. The van der Waals surface area contributed by atoms with Crippen LogP contribution in [0.25, 0.3) is 0 Å². The maximum Gasteiger partial charge on any atom is 0.348 e. The van der Waals surface area contributed by atoms with Gasteiger partial charge < -0.3 is 15.2 Å². The Kier molecular flexibility index (Phi) is 7.15. The fourth-order valence-corrected chi connectivity index (χ4v) is 5.44. The van der Waals surface area contributed by atoms with Crippen molar-refractivity contribution in [3.05, 3.63) is 46.8 Å². The van der Waals surface area contributed by atoms with E-state index in [0.29, 0.717) is 13.0 Å². The monoisotopic (exact) mass is 398 g/mol. The molecule has 0 saturated carbocycles. The van der Waals surface area contributed by atoms with Gasteiger partial charge in [0.15, 0.2) is 9.96 Å². The highest BCUT2D eigenvalue weighted by Gasteiger charge is 2.31. The molecular weight excluding hydrogens is 376 g/mol. The quantitative estimate of drug-likeness (QED) is 0.650. The first-order chi connectivity index (χ1) is 12.4. The number of hydrogen-bond donors (Lipinski definition) is 1. The van der Waals surface area contributed by atoms with Crippen LogP contribution in [0.2, 0.25) is 0 Å². The van der Waals surface area contributed by atoms with E-state index in [2.05, 4.69) is 4.74 Å². The number of carbonyl (C=O) groups is 1. The lowest BCUT2D eigenvalue weighted by Gasteiger charge is -2.21. The summed E-state index contributed by atoms with van der Waals surface area (Å²) in [5.74, 6) is -0.479. The minimum atomic E-state index is -3.87. The van der Waals surface area contributed by atoms with Gasteiger partial charge in [0, 0.05) is 19.2 Å². The van der Waals surface area contributed by atoms with Crippen molar-refractivity contribution in [2.75, 3.05) is 27.3 Å². The van der Waals surface area contributed by atoms with Gasteiger partial charge >= 0.3 is 5.97 Å². The van der Waals surface area contributed by atoms with Crippen LogP contribution in [-0.4, -0.2) is 46.0 Å². The molecule has 2 aromatic rings. The van der Waals surface area contributed by atoms with Crippen molar-refractivity contribution in [2.45, 2.75) is 17.2 Å². The molecule has 0 aliphatic carbocycles. The summed E-state index contributed by atoms with van der Waals surface area (Å²) in [5.41, 5.74) is 6.42. The van der Waals surface area contributed by atoms with Crippen LogP contribution in [0.15, 0.2) is 40.6 Å². The third-order valence-corrected chi connectivity index (χ3v) is 7.09. The summed E-state index contributed by atoms with van der Waals surface area (Å²) < 4.78 is 37.6. The Balaban J connectivity index is 2.42. The zero-order valence-electron chi connectivity index (χ0n) is 14.7. The lowest BCUT2D eigenvalue weighted by Crippen LogP contribution is -2.32. The molecule has 0 aliphatic rings. The van der Waals surface area contributed by atoms with E-state index in [1.54, 1.807) is 0 Å². The average Bonchev–Trinajstić information content (AvgIpc) is 3.10. The molecule has 9 heteroatoms. The Morgan fingerprint density at radius 2 is 1.92 bits per heavy atom. The molecule has 0 radical (unpaired) electrons. The zero-order valence-corrected chi connectivity index (χ0v) is 16.3. The van der Waals surface area contributed by atoms with Gasteiger partial charge in [-0.05, 0) is 18.5 Å². The molecule has 0 spiro atoms. The van der Waals surface area contributed by atoms with Gasteiger partial charge in [-0.3, -0.25) is 0 Å². The fraction of sp³-hybridized carbons (Fsp3) is 0.353. The van der Waals surface area contributed by atoms with Gasteiger partial charge in [0.05, 0.1) is 14.2 Å². The van der Waals surface area contributed by atoms with E-state index >= 15 is 0 Å². The van der Waals surface area contributed by atoms with Crippen LogP contribution in [-0.2, 0) is 21.3 Å². The number of sulfonamides is 1. The zero-order chi connectivity index (χ0) is 19.2. The third kappa shape index (κ3) is 4.61. The van der Waals surface area contributed by atoms with E-state index in [4.69, 9.17) is 10.5 Å². The predicted octanol–water partition coefficient (Wildman–Crippen LogP) is 2.08. The molecule has 0 atom stereocenters. The van der Waals surface area contributed by atoms with Gasteiger partial charge in [0.1, 0.15) is 4.88 Å². The van der Waals surface area contributed by atoms with Crippen molar-refractivity contribution in [1.29, 1.82) is 0 Å². The van der Waals surface area contributed by atoms with E-state index in [1.807, 2.05) is 30.3 Å². The van der Waals surface area contributed by atoms with E-state index < -0.39 is 16.0 Å². The normalized spacial score (nSPS) is 11.5. The molecule has 2 N–H and O–H groups in total. The fourth-order valence-electron chi connectivity index (χ4n) is 2.34. The molecule has 0 fully saturated rings. The number of methoxy groups -OCH3 is 2. The average molecular weight is 399 g/mol. The van der Waals surface area contributed by atoms with Gasteiger partial charge in [-0.25, -0.2) is 13.2 Å². The van der Waals surface area contributed by atoms with Crippen LogP contribution in [0.4, 0.5) is 0 Å². The number of thiophene rings is 1. The lowest BCUT2D eigenvalue weighted by atomic mass is 10.2. The van der Waals surface area contributed by atoms with Crippen LogP contribution >= 0.6 is 11.3 Å². The van der Waals surface area contributed by atoms with Crippen LogP contribution in [0.5, 0.6) is 5.75 Å². The number of hydrogen-bond acceptors (Lipinski definition) is 7. The second kappa shape index (κ2) is 9.13. The molecule has 1 aromatic heterocycles. The standard InChI is InChI=1S/C17H22N2O5S2/c1-23-14-11-15(16(20)24-2)25-17(14)26(21,22)19(10-6-9-18)12-13-7-4-3-5-8-13/h3-5,7-8,11H,6,9-10,12,18H2,1-2H3. The van der Waals surface area contributed by atoms with Crippen LogP contribution < -0.4 is 10.5 Å². The Bertz CT molecular complexity index is 834. The Morgan fingerprint density at radius 1 is 1.23 bits per heavy atom. The first kappa shape index (κ1) is 20.4. The van der Waals surface area contributed by atoms with Crippen LogP contribution in [0.3, 0.4) is 0 Å². The summed E-state index contributed by atoms with van der Waals surface area (Å²) in [4.78, 5) is 11.9. The maximum atomic E-state index is 13.2. The molecule has 0 unspecified atom stereocenters. The Hall–Kier alpha value is -1.94. The molecule has 0 bridgehead atoms. The summed E-state index contributed by atoms with van der Waals surface area (Å²) in [6, 6.07) is 10.7. The summed E-state index contributed by atoms with van der Waals surface area (Å²) in [6.07, 6.45) is 0.517. The third-order valence-electron chi connectivity index (χ3n) is 3.66. The topological polar surface area (TPSA) is 98.9 Å². The summed E-state index contributed by atoms with van der Waals surface area (Å²) in [6.45, 7) is 0.843. The summed E-state index contributed by atoms with van der Waals surface area (Å²) >= 11 is 0.836. The molecule has 142 valence electrons. The van der Waals surface area contributed by atoms with Crippen molar-refractivity contribution in [3.63, 3.8) is 0 Å². The van der Waals surface area contributed by atoms with Crippen molar-refractivity contribution < 1.29 is 22.7 Å². The first-order valence-electron chi connectivity index (χ1n) is 7.94. The molecule has 0 amide bonds. The molecule has 2 rings (SSSR count). The number of nitrogens with two attached hydrogens (primary N) is 1. The van der Waals surface area contributed by atoms with E-state index in [1.165, 1.54) is 24.6 Å². The Morgan fingerprint density at radius 3 is 2.50 bits per heavy atom. The SMILES string of the molecule is COC(=O)c1cc(OC)c(S(=O)(=O)N(CCCN)Cc2ccccc2)s1. The van der Waals surface area contributed by atoms with Crippen molar-refractivity contribution in [3.8, 4) is 5.75 Å². The number of rotatable bonds is 9. The second-order valence-electron chi connectivity index (χ2n) is 5.42. The van der Waals surface area contributed by atoms with Gasteiger partial charge in [-0.2, -0.15) is 4.31 Å². The lowest BCUT2D eigenvalue weighted by molar-refractivity contribution is 0.0606. The highest BCUT2D eigenvalue weighted by Crippen LogP contribution is 2.36. The molecule has 26 heavy (non-hydrogen) atoms. The molecule has 0 saturated heterocycles. The minimum Gasteiger partial charge on any atom is -0.494 e. The molecular formula is C17H22N2O5S2. The van der Waals surface area contributed by atoms with E-state index in [-0.39, 0.29) is 27.9 Å². The highest BCUT2D eigenvalue weighted by atomic mass is 32.2. The molecule has 1 aromatic carbocycles. The number of benzene rings is 1. The van der Waals surface area contributed by atoms with Crippen LogP contribution in [0, 0.1) is 0 Å². The summed E-state index contributed by atoms with van der Waals surface area (Å²) in [5, 5.41) is 0. The van der Waals surface area contributed by atoms with Crippen molar-refractivity contribution in [1.82, 2.24) is 4.31 Å². The number of esters is 1.